The van der Waals surface area contributed by atoms with E-state index in [1.807, 2.05) is 20.8 Å². The van der Waals surface area contributed by atoms with Gasteiger partial charge in [0.2, 0.25) is 12.5 Å². The van der Waals surface area contributed by atoms with Gasteiger partial charge in [-0.25, -0.2) is 4.79 Å². The van der Waals surface area contributed by atoms with Crippen molar-refractivity contribution in [2.75, 3.05) is 33.7 Å². The third-order valence-corrected chi connectivity index (χ3v) is 6.15. The van der Waals surface area contributed by atoms with Gasteiger partial charge in [-0.2, -0.15) is 0 Å². The number of carbonyl (C=O) groups is 2. The molecule has 1 N–H and O–H groups in total. The molecule has 0 radical (unpaired) electrons. The maximum Gasteiger partial charge on any atom is 0.336 e. The highest BCUT2D eigenvalue weighted by Crippen LogP contribution is 2.41. The SMILES string of the molecule is CCOc1cc(C/C(C(=O)c2ccc(OC)cc2)=C(/C(=O)O)c2ccc3c(c2)OCO3)cc(OCC)c1OCC. The fraction of sp³-hybridized carbons (Fsp3) is 0.290. The summed E-state index contributed by atoms with van der Waals surface area (Å²) in [7, 11) is 1.53. The molecule has 210 valence electrons. The van der Waals surface area contributed by atoms with E-state index in [0.29, 0.717) is 71.0 Å². The number of carbonyl (C=O) groups excluding carboxylic acids is 1. The lowest BCUT2D eigenvalue weighted by molar-refractivity contribution is -0.130. The number of rotatable bonds is 13. The van der Waals surface area contributed by atoms with Crippen LogP contribution in [0.5, 0.6) is 34.5 Å². The molecule has 0 unspecified atom stereocenters. The molecule has 9 heteroatoms. The third-order valence-electron chi connectivity index (χ3n) is 6.15. The molecule has 0 saturated carbocycles. The fourth-order valence-corrected chi connectivity index (χ4v) is 4.43. The Balaban J connectivity index is 1.90. The summed E-state index contributed by atoms with van der Waals surface area (Å²) in [4.78, 5) is 26.8. The summed E-state index contributed by atoms with van der Waals surface area (Å²) in [6.07, 6.45) is -0.0203. The van der Waals surface area contributed by atoms with E-state index in [1.54, 1.807) is 54.6 Å². The van der Waals surface area contributed by atoms with Crippen molar-refractivity contribution in [2.45, 2.75) is 27.2 Å². The van der Waals surface area contributed by atoms with E-state index >= 15 is 0 Å². The number of methoxy groups -OCH3 is 1. The normalized spacial score (nSPS) is 12.4. The van der Waals surface area contributed by atoms with Crippen molar-refractivity contribution in [1.82, 2.24) is 0 Å². The molecule has 4 rings (SSSR count). The molecule has 3 aromatic carbocycles. The monoisotopic (exact) mass is 548 g/mol. The molecule has 0 aliphatic carbocycles. The van der Waals surface area contributed by atoms with Gasteiger partial charge in [0, 0.05) is 17.6 Å². The van der Waals surface area contributed by atoms with Gasteiger partial charge in [-0.1, -0.05) is 6.07 Å². The van der Waals surface area contributed by atoms with Gasteiger partial charge in [-0.15, -0.1) is 0 Å². The molecule has 0 saturated heterocycles. The molecule has 40 heavy (non-hydrogen) atoms. The second-order valence-corrected chi connectivity index (χ2v) is 8.68. The molecule has 1 aliphatic heterocycles. The number of aliphatic carboxylic acids is 1. The molecule has 9 nitrogen and oxygen atoms in total. The van der Waals surface area contributed by atoms with Crippen molar-refractivity contribution in [1.29, 1.82) is 0 Å². The van der Waals surface area contributed by atoms with Crippen LogP contribution in [0, 0.1) is 0 Å². The van der Waals surface area contributed by atoms with Crippen LogP contribution in [0.15, 0.2) is 60.2 Å². The average Bonchev–Trinajstić information content (AvgIpc) is 3.42. The van der Waals surface area contributed by atoms with Gasteiger partial charge >= 0.3 is 5.97 Å². The van der Waals surface area contributed by atoms with Crippen LogP contribution < -0.4 is 28.4 Å². The Morgan fingerprint density at radius 1 is 0.800 bits per heavy atom. The van der Waals surface area contributed by atoms with E-state index in [0.717, 1.165) is 0 Å². The van der Waals surface area contributed by atoms with E-state index in [-0.39, 0.29) is 24.4 Å². The van der Waals surface area contributed by atoms with Crippen LogP contribution in [-0.2, 0) is 11.2 Å². The number of hydrogen-bond donors (Lipinski definition) is 1. The highest BCUT2D eigenvalue weighted by atomic mass is 16.7. The lowest BCUT2D eigenvalue weighted by atomic mass is 9.89. The van der Waals surface area contributed by atoms with E-state index in [4.69, 9.17) is 28.4 Å². The number of benzene rings is 3. The van der Waals surface area contributed by atoms with Gasteiger partial charge in [0.1, 0.15) is 5.75 Å². The van der Waals surface area contributed by atoms with Crippen molar-refractivity contribution in [3.05, 3.63) is 76.9 Å². The maximum atomic E-state index is 14.0. The number of ether oxygens (including phenoxy) is 6. The quantitative estimate of drug-likeness (QED) is 0.216. The molecule has 0 fully saturated rings. The second kappa shape index (κ2) is 12.9. The maximum absolute atomic E-state index is 14.0. The number of allylic oxidation sites excluding steroid dienone is 1. The zero-order valence-corrected chi connectivity index (χ0v) is 22.9. The summed E-state index contributed by atoms with van der Waals surface area (Å²) in [6, 6.07) is 14.8. The van der Waals surface area contributed by atoms with Gasteiger partial charge in [0.15, 0.2) is 28.8 Å². The van der Waals surface area contributed by atoms with Gasteiger partial charge in [0.25, 0.3) is 0 Å². The molecule has 0 aromatic heterocycles. The minimum absolute atomic E-state index is 0.0203. The van der Waals surface area contributed by atoms with Crippen LogP contribution in [-0.4, -0.2) is 50.6 Å². The van der Waals surface area contributed by atoms with Crippen molar-refractivity contribution < 1.29 is 43.1 Å². The summed E-state index contributed by atoms with van der Waals surface area (Å²) in [5.41, 5.74) is 1.17. The van der Waals surface area contributed by atoms with Crippen LogP contribution in [0.4, 0.5) is 0 Å². The molecule has 0 spiro atoms. The Morgan fingerprint density at radius 2 is 1.40 bits per heavy atom. The van der Waals surface area contributed by atoms with E-state index in [1.165, 1.54) is 7.11 Å². The Hall–Kier alpha value is -4.66. The Morgan fingerprint density at radius 3 is 1.98 bits per heavy atom. The molecular formula is C31H32O9. The van der Waals surface area contributed by atoms with Crippen molar-refractivity contribution in [2.24, 2.45) is 0 Å². The van der Waals surface area contributed by atoms with E-state index in [9.17, 15) is 14.7 Å². The van der Waals surface area contributed by atoms with E-state index < -0.39 is 11.8 Å². The largest absolute Gasteiger partial charge is 0.497 e. The van der Waals surface area contributed by atoms with Crippen molar-refractivity contribution in [3.63, 3.8) is 0 Å². The zero-order valence-electron chi connectivity index (χ0n) is 22.9. The zero-order chi connectivity index (χ0) is 28.6. The van der Waals surface area contributed by atoms with Crippen LogP contribution in [0.2, 0.25) is 0 Å². The first kappa shape index (κ1) is 28.4. The predicted octanol–water partition coefficient (Wildman–Crippen LogP) is 5.58. The second-order valence-electron chi connectivity index (χ2n) is 8.68. The van der Waals surface area contributed by atoms with Crippen molar-refractivity contribution >= 4 is 17.3 Å². The summed E-state index contributed by atoms with van der Waals surface area (Å²) in [5, 5.41) is 10.4. The molecule has 1 aliphatic rings. The highest BCUT2D eigenvalue weighted by Gasteiger charge is 2.27. The Labute approximate surface area is 232 Å². The number of carboxylic acid groups (broad SMARTS) is 1. The first-order valence-corrected chi connectivity index (χ1v) is 13.0. The van der Waals surface area contributed by atoms with Crippen LogP contribution in [0.25, 0.3) is 5.57 Å². The molecule has 0 bridgehead atoms. The predicted molar refractivity (Wildman–Crippen MR) is 148 cm³/mol. The summed E-state index contributed by atoms with van der Waals surface area (Å²) < 4.78 is 33.6. The fourth-order valence-electron chi connectivity index (χ4n) is 4.43. The highest BCUT2D eigenvalue weighted by molar-refractivity contribution is 6.26. The molecule has 3 aromatic rings. The Bertz CT molecular complexity index is 1380. The molecular weight excluding hydrogens is 516 g/mol. The van der Waals surface area contributed by atoms with Gasteiger partial charge in [-0.3, -0.25) is 4.79 Å². The van der Waals surface area contributed by atoms with E-state index in [2.05, 4.69) is 0 Å². The summed E-state index contributed by atoms with van der Waals surface area (Å²) >= 11 is 0. The number of fused-ring (bicyclic) bond motifs is 1. The van der Waals surface area contributed by atoms with Crippen LogP contribution in [0.3, 0.4) is 0 Å². The standard InChI is InChI=1S/C31H32O9/c1-5-36-26-15-19(16-27(37-6-2)30(26)38-7-3)14-23(29(32)20-8-11-22(35-4)12-9-20)28(31(33)34)21-10-13-24-25(17-21)40-18-39-24/h8-13,15-17H,5-7,14,18H2,1-4H3,(H,33,34)/b28-23-. The average molecular weight is 549 g/mol. The first-order valence-electron chi connectivity index (χ1n) is 13.0. The molecule has 0 atom stereocenters. The van der Waals surface area contributed by atoms with Gasteiger partial charge in [-0.05, 0) is 80.4 Å². The minimum Gasteiger partial charge on any atom is -0.497 e. The van der Waals surface area contributed by atoms with Crippen LogP contribution >= 0.6 is 0 Å². The first-order chi connectivity index (χ1) is 19.4. The topological polar surface area (TPSA) is 110 Å². The lowest BCUT2D eigenvalue weighted by Crippen LogP contribution is -2.14. The van der Waals surface area contributed by atoms with Crippen LogP contribution in [0.1, 0.15) is 42.3 Å². The van der Waals surface area contributed by atoms with Gasteiger partial charge in [0.05, 0.1) is 32.5 Å². The molecule has 1 heterocycles. The number of carboxylic acids is 1. The number of Topliss-reactive ketones (excluding diaryl/α,β-unsaturated/α-hetero) is 1. The third kappa shape index (κ3) is 6.14. The molecule has 0 amide bonds. The van der Waals surface area contributed by atoms with Gasteiger partial charge < -0.3 is 33.5 Å². The lowest BCUT2D eigenvalue weighted by Gasteiger charge is -2.18. The smallest absolute Gasteiger partial charge is 0.336 e. The number of hydrogen-bond acceptors (Lipinski definition) is 8. The summed E-state index contributed by atoms with van der Waals surface area (Å²) in [5.74, 6) is 1.14. The van der Waals surface area contributed by atoms with Crippen molar-refractivity contribution in [3.8, 4) is 34.5 Å². The Kier molecular flexibility index (Phi) is 9.16. The summed E-state index contributed by atoms with van der Waals surface area (Å²) in [6.45, 7) is 6.74. The number of ketones is 1. The minimum atomic E-state index is -1.25.